The molecule has 3 rings (SSSR count). The first kappa shape index (κ1) is 15.3. The SMILES string of the molecule is CCOC1CC(NC(=NC)NCc2ccon2)C12CCCC2. The summed E-state index contributed by atoms with van der Waals surface area (Å²) in [6.45, 7) is 3.50. The fourth-order valence-corrected chi connectivity index (χ4v) is 3.95. The Labute approximate surface area is 131 Å². The van der Waals surface area contributed by atoms with Crippen LogP contribution in [0.5, 0.6) is 0 Å². The van der Waals surface area contributed by atoms with Crippen LogP contribution in [0.15, 0.2) is 21.8 Å². The molecule has 1 spiro atoms. The van der Waals surface area contributed by atoms with Crippen LogP contribution >= 0.6 is 0 Å². The number of guanidine groups is 1. The predicted molar refractivity (Wildman–Crippen MR) is 84.6 cm³/mol. The zero-order valence-corrected chi connectivity index (χ0v) is 13.5. The van der Waals surface area contributed by atoms with Crippen LogP contribution in [-0.4, -0.2) is 36.9 Å². The molecule has 0 saturated heterocycles. The van der Waals surface area contributed by atoms with Crippen LogP contribution in [0.25, 0.3) is 0 Å². The second kappa shape index (κ2) is 6.69. The van der Waals surface area contributed by atoms with Crippen LogP contribution in [0.1, 0.15) is 44.7 Å². The number of aliphatic imine (C=N–C) groups is 1. The minimum atomic E-state index is 0.307. The molecular formula is C16H26N4O2. The van der Waals surface area contributed by atoms with E-state index in [-0.39, 0.29) is 0 Å². The molecule has 22 heavy (non-hydrogen) atoms. The molecule has 0 radical (unpaired) electrons. The van der Waals surface area contributed by atoms with Crippen molar-refractivity contribution >= 4 is 5.96 Å². The van der Waals surface area contributed by atoms with Crippen LogP contribution < -0.4 is 10.6 Å². The third-order valence-electron chi connectivity index (χ3n) is 5.15. The Hall–Kier alpha value is -1.56. The fraction of sp³-hybridized carbons (Fsp3) is 0.750. The molecule has 0 amide bonds. The topological polar surface area (TPSA) is 71.7 Å². The van der Waals surface area contributed by atoms with Gasteiger partial charge in [0.2, 0.25) is 0 Å². The van der Waals surface area contributed by atoms with Gasteiger partial charge in [-0.05, 0) is 26.2 Å². The van der Waals surface area contributed by atoms with Gasteiger partial charge in [0.05, 0.1) is 12.6 Å². The van der Waals surface area contributed by atoms with Crippen LogP contribution in [-0.2, 0) is 11.3 Å². The highest BCUT2D eigenvalue weighted by molar-refractivity contribution is 5.80. The van der Waals surface area contributed by atoms with Crippen molar-refractivity contribution in [2.75, 3.05) is 13.7 Å². The standard InChI is InChI=1S/C16H26N4O2/c1-3-21-14-10-13(16(14)7-4-5-8-16)19-15(17-2)18-11-12-6-9-22-20-12/h6,9,13-14H,3-5,7-8,10-11H2,1-2H3,(H2,17,18,19). The molecule has 1 aromatic rings. The minimum Gasteiger partial charge on any atom is -0.378 e. The largest absolute Gasteiger partial charge is 0.378 e. The van der Waals surface area contributed by atoms with E-state index in [9.17, 15) is 0 Å². The van der Waals surface area contributed by atoms with Gasteiger partial charge < -0.3 is 19.9 Å². The van der Waals surface area contributed by atoms with E-state index in [1.807, 2.05) is 6.07 Å². The lowest BCUT2D eigenvalue weighted by Gasteiger charge is -2.54. The van der Waals surface area contributed by atoms with Gasteiger partial charge in [-0.25, -0.2) is 0 Å². The summed E-state index contributed by atoms with van der Waals surface area (Å²) in [4.78, 5) is 4.33. The minimum absolute atomic E-state index is 0.307. The van der Waals surface area contributed by atoms with Crippen molar-refractivity contribution in [3.63, 3.8) is 0 Å². The molecule has 2 aliphatic rings. The summed E-state index contributed by atoms with van der Waals surface area (Å²) in [5.41, 5.74) is 1.18. The monoisotopic (exact) mass is 306 g/mol. The quantitative estimate of drug-likeness (QED) is 0.644. The number of ether oxygens (including phenoxy) is 1. The Morgan fingerprint density at radius 2 is 2.32 bits per heavy atom. The average molecular weight is 306 g/mol. The Balaban J connectivity index is 1.57. The number of rotatable bonds is 5. The number of aromatic nitrogens is 1. The first-order valence-corrected chi connectivity index (χ1v) is 8.26. The molecule has 6 nitrogen and oxygen atoms in total. The third-order valence-corrected chi connectivity index (χ3v) is 5.15. The fourth-order valence-electron chi connectivity index (χ4n) is 3.95. The molecular weight excluding hydrogens is 280 g/mol. The van der Waals surface area contributed by atoms with E-state index in [4.69, 9.17) is 9.26 Å². The highest BCUT2D eigenvalue weighted by Crippen LogP contribution is 2.54. The molecule has 2 aliphatic carbocycles. The summed E-state index contributed by atoms with van der Waals surface area (Å²) in [5.74, 6) is 0.828. The summed E-state index contributed by atoms with van der Waals surface area (Å²) < 4.78 is 10.8. The molecule has 122 valence electrons. The normalized spacial score (nSPS) is 26.9. The second-order valence-electron chi connectivity index (χ2n) is 6.23. The van der Waals surface area contributed by atoms with Crippen molar-refractivity contribution in [1.29, 1.82) is 0 Å². The Kier molecular flexibility index (Phi) is 4.66. The summed E-state index contributed by atoms with van der Waals surface area (Å²) in [6.07, 6.45) is 8.20. The highest BCUT2D eigenvalue weighted by atomic mass is 16.5. The molecule has 0 bridgehead atoms. The van der Waals surface area contributed by atoms with Crippen molar-refractivity contribution in [3.05, 3.63) is 18.0 Å². The summed E-state index contributed by atoms with van der Waals surface area (Å²) in [5, 5.41) is 10.8. The van der Waals surface area contributed by atoms with Gasteiger partial charge in [-0.3, -0.25) is 4.99 Å². The van der Waals surface area contributed by atoms with Crippen LogP contribution in [0.4, 0.5) is 0 Å². The number of nitrogens with zero attached hydrogens (tertiary/aromatic N) is 2. The van der Waals surface area contributed by atoms with Gasteiger partial charge in [-0.1, -0.05) is 18.0 Å². The lowest BCUT2D eigenvalue weighted by Crippen LogP contribution is -2.65. The molecule has 0 aromatic carbocycles. The molecule has 1 heterocycles. The number of hydrogen-bond acceptors (Lipinski definition) is 4. The van der Waals surface area contributed by atoms with Crippen molar-refractivity contribution < 1.29 is 9.26 Å². The molecule has 1 aromatic heterocycles. The third kappa shape index (κ3) is 2.84. The maximum Gasteiger partial charge on any atom is 0.191 e. The smallest absolute Gasteiger partial charge is 0.191 e. The number of hydrogen-bond donors (Lipinski definition) is 2. The van der Waals surface area contributed by atoms with Gasteiger partial charge in [0.1, 0.15) is 12.0 Å². The van der Waals surface area contributed by atoms with E-state index < -0.39 is 0 Å². The first-order chi connectivity index (χ1) is 10.8. The first-order valence-electron chi connectivity index (χ1n) is 8.26. The molecule has 6 heteroatoms. The highest BCUT2D eigenvalue weighted by Gasteiger charge is 2.56. The molecule has 2 N–H and O–H groups in total. The van der Waals surface area contributed by atoms with E-state index in [0.717, 1.165) is 24.7 Å². The number of nitrogens with one attached hydrogen (secondary N) is 2. The summed E-state index contributed by atoms with van der Waals surface area (Å²) in [7, 11) is 1.80. The molecule has 2 unspecified atom stereocenters. The Morgan fingerprint density at radius 1 is 1.50 bits per heavy atom. The van der Waals surface area contributed by atoms with Crippen molar-refractivity contribution in [2.24, 2.45) is 10.4 Å². The van der Waals surface area contributed by atoms with E-state index in [1.54, 1.807) is 13.3 Å². The van der Waals surface area contributed by atoms with E-state index in [0.29, 0.717) is 24.1 Å². The van der Waals surface area contributed by atoms with Crippen molar-refractivity contribution in [2.45, 2.75) is 57.7 Å². The van der Waals surface area contributed by atoms with Gasteiger partial charge in [0.25, 0.3) is 0 Å². The zero-order valence-electron chi connectivity index (χ0n) is 13.5. The lowest BCUT2D eigenvalue weighted by molar-refractivity contribution is -0.125. The molecule has 0 aliphatic heterocycles. The second-order valence-corrected chi connectivity index (χ2v) is 6.23. The molecule has 2 fully saturated rings. The van der Waals surface area contributed by atoms with Gasteiger partial charge in [-0.2, -0.15) is 0 Å². The van der Waals surface area contributed by atoms with Crippen molar-refractivity contribution in [1.82, 2.24) is 15.8 Å². The van der Waals surface area contributed by atoms with Crippen LogP contribution in [0.2, 0.25) is 0 Å². The zero-order chi connectivity index (χ0) is 15.4. The van der Waals surface area contributed by atoms with Gasteiger partial charge in [-0.15, -0.1) is 0 Å². The Morgan fingerprint density at radius 3 is 2.95 bits per heavy atom. The molecule has 2 atom stereocenters. The van der Waals surface area contributed by atoms with Gasteiger partial charge in [0, 0.05) is 31.2 Å². The van der Waals surface area contributed by atoms with Gasteiger partial charge >= 0.3 is 0 Å². The van der Waals surface area contributed by atoms with Gasteiger partial charge in [0.15, 0.2) is 5.96 Å². The summed E-state index contributed by atoms with van der Waals surface area (Å²) >= 11 is 0. The van der Waals surface area contributed by atoms with Crippen LogP contribution in [0.3, 0.4) is 0 Å². The maximum atomic E-state index is 5.96. The molecule has 2 saturated carbocycles. The van der Waals surface area contributed by atoms with E-state index in [2.05, 4.69) is 27.7 Å². The predicted octanol–water partition coefficient (Wildman–Crippen LogP) is 2.08. The lowest BCUT2D eigenvalue weighted by atomic mass is 9.60. The Bertz CT molecular complexity index is 494. The summed E-state index contributed by atoms with van der Waals surface area (Å²) in [6, 6.07) is 2.31. The van der Waals surface area contributed by atoms with Crippen LogP contribution in [0, 0.1) is 5.41 Å². The van der Waals surface area contributed by atoms with Crippen molar-refractivity contribution in [3.8, 4) is 0 Å². The van der Waals surface area contributed by atoms with E-state index in [1.165, 1.54) is 25.7 Å². The average Bonchev–Trinajstić information content (AvgIpc) is 3.21. The maximum absolute atomic E-state index is 5.96. The van der Waals surface area contributed by atoms with E-state index >= 15 is 0 Å².